The van der Waals surface area contributed by atoms with E-state index in [9.17, 15) is 4.39 Å². The van der Waals surface area contributed by atoms with Crippen molar-refractivity contribution in [2.24, 2.45) is 4.99 Å². The Morgan fingerprint density at radius 2 is 1.74 bits per heavy atom. The number of methoxy groups -OCH3 is 2. The molecule has 0 atom stereocenters. The van der Waals surface area contributed by atoms with Crippen molar-refractivity contribution in [2.75, 3.05) is 19.5 Å². The number of halogens is 2. The zero-order valence-corrected chi connectivity index (χ0v) is 19.2. The van der Waals surface area contributed by atoms with Gasteiger partial charge in [0.15, 0.2) is 11.5 Å². The molecule has 1 N–H and O–H groups in total. The highest BCUT2D eigenvalue weighted by molar-refractivity contribution is 6.31. The van der Waals surface area contributed by atoms with E-state index in [2.05, 4.69) is 10.3 Å². The molecule has 170 valence electrons. The molecule has 0 fully saturated rings. The first-order valence-corrected chi connectivity index (χ1v) is 10.9. The Morgan fingerprint density at radius 1 is 0.912 bits per heavy atom. The van der Waals surface area contributed by atoms with Crippen molar-refractivity contribution in [1.82, 2.24) is 9.97 Å². The quantitative estimate of drug-likeness (QED) is 0.381. The van der Waals surface area contributed by atoms with Crippen LogP contribution in [0.3, 0.4) is 0 Å². The summed E-state index contributed by atoms with van der Waals surface area (Å²) in [7, 11) is 3.16. The molecule has 0 saturated carbocycles. The monoisotopic (exact) mass is 474 g/mol. The van der Waals surface area contributed by atoms with Crippen LogP contribution in [0.4, 0.5) is 16.0 Å². The lowest BCUT2D eigenvalue weighted by Crippen LogP contribution is -2.07. The van der Waals surface area contributed by atoms with Gasteiger partial charge in [0, 0.05) is 45.2 Å². The predicted octanol–water partition coefficient (Wildman–Crippen LogP) is 6.05. The van der Waals surface area contributed by atoms with E-state index in [4.69, 9.17) is 31.1 Å². The molecule has 4 aromatic rings. The summed E-state index contributed by atoms with van der Waals surface area (Å²) in [5, 5.41) is 3.74. The highest BCUT2D eigenvalue weighted by Gasteiger charge is 2.23. The maximum Gasteiger partial charge on any atom is 0.227 e. The lowest BCUT2D eigenvalue weighted by atomic mass is 9.95. The Hall–Kier alpha value is -3.97. The zero-order valence-electron chi connectivity index (χ0n) is 18.5. The number of fused-ring (bicyclic) bond motifs is 3. The third-order valence-electron chi connectivity index (χ3n) is 5.53. The number of rotatable bonds is 5. The van der Waals surface area contributed by atoms with Crippen LogP contribution >= 0.6 is 11.6 Å². The van der Waals surface area contributed by atoms with Crippen molar-refractivity contribution >= 4 is 28.9 Å². The molecular weight excluding hydrogens is 455 g/mol. The van der Waals surface area contributed by atoms with Crippen LogP contribution in [-0.2, 0) is 6.54 Å². The van der Waals surface area contributed by atoms with Crippen LogP contribution in [0, 0.1) is 5.82 Å². The highest BCUT2D eigenvalue weighted by atomic mass is 35.5. The highest BCUT2D eigenvalue weighted by Crippen LogP contribution is 2.35. The third kappa shape index (κ3) is 4.06. The third-order valence-corrected chi connectivity index (χ3v) is 5.77. The molecule has 0 radical (unpaired) electrons. The molecule has 0 spiro atoms. The topological polar surface area (TPSA) is 68.6 Å². The lowest BCUT2D eigenvalue weighted by molar-refractivity contribution is 0.355. The fourth-order valence-corrected chi connectivity index (χ4v) is 4.08. The first-order chi connectivity index (χ1) is 16.6. The molecule has 1 aliphatic rings. The number of hydrogen-bond donors (Lipinski definition) is 1. The van der Waals surface area contributed by atoms with E-state index in [1.807, 2.05) is 12.1 Å². The Bertz CT molecular complexity index is 1420. The number of anilines is 2. The van der Waals surface area contributed by atoms with Crippen LogP contribution in [0.5, 0.6) is 11.5 Å². The largest absolute Gasteiger partial charge is 0.493 e. The molecule has 0 saturated heterocycles. The fourth-order valence-electron chi connectivity index (χ4n) is 3.91. The van der Waals surface area contributed by atoms with Crippen molar-refractivity contribution in [2.45, 2.75) is 6.54 Å². The minimum atomic E-state index is -0.347. The van der Waals surface area contributed by atoms with Gasteiger partial charge in [0.1, 0.15) is 5.82 Å². The SMILES string of the molecule is COc1ccc(Nc2ncc3c(n2)-c2ccc(Cl)cc2C(c2ccccc2F)=NC3)cc1OC. The van der Waals surface area contributed by atoms with E-state index in [1.54, 1.807) is 62.9 Å². The normalized spacial score (nSPS) is 12.2. The van der Waals surface area contributed by atoms with E-state index in [0.717, 1.165) is 16.8 Å². The van der Waals surface area contributed by atoms with E-state index in [-0.39, 0.29) is 5.82 Å². The van der Waals surface area contributed by atoms with Gasteiger partial charge in [-0.15, -0.1) is 0 Å². The summed E-state index contributed by atoms with van der Waals surface area (Å²) in [5.74, 6) is 1.27. The van der Waals surface area contributed by atoms with Crippen LogP contribution < -0.4 is 14.8 Å². The van der Waals surface area contributed by atoms with Crippen LogP contribution in [0.2, 0.25) is 5.02 Å². The van der Waals surface area contributed by atoms with Gasteiger partial charge in [-0.2, -0.15) is 0 Å². The lowest BCUT2D eigenvalue weighted by Gasteiger charge is -2.13. The summed E-state index contributed by atoms with van der Waals surface area (Å²) in [5.41, 5.74) is 4.74. The molecule has 5 rings (SSSR count). The number of ether oxygens (including phenoxy) is 2. The summed E-state index contributed by atoms with van der Waals surface area (Å²) in [4.78, 5) is 14.0. The van der Waals surface area contributed by atoms with Crippen LogP contribution in [0.15, 0.2) is 71.9 Å². The number of nitrogens with zero attached hydrogens (tertiary/aromatic N) is 3. The molecule has 6 nitrogen and oxygen atoms in total. The maximum atomic E-state index is 14.7. The van der Waals surface area contributed by atoms with Crippen LogP contribution in [0.25, 0.3) is 11.3 Å². The Balaban J connectivity index is 1.58. The fraction of sp³-hybridized carbons (Fsp3) is 0.115. The van der Waals surface area contributed by atoms with Gasteiger partial charge in [-0.3, -0.25) is 4.99 Å². The maximum absolute atomic E-state index is 14.7. The molecule has 8 heteroatoms. The second-order valence-corrected chi connectivity index (χ2v) is 8.03. The summed E-state index contributed by atoms with van der Waals surface area (Å²) >= 11 is 6.33. The molecule has 34 heavy (non-hydrogen) atoms. The van der Waals surface area contributed by atoms with Gasteiger partial charge in [-0.1, -0.05) is 29.8 Å². The smallest absolute Gasteiger partial charge is 0.227 e. The zero-order chi connectivity index (χ0) is 23.7. The summed E-state index contributed by atoms with van der Waals surface area (Å²) in [6.45, 7) is 0.307. The van der Waals surface area contributed by atoms with E-state index < -0.39 is 0 Å². The molecule has 1 aromatic heterocycles. The second-order valence-electron chi connectivity index (χ2n) is 7.60. The van der Waals surface area contributed by atoms with Gasteiger partial charge in [0.25, 0.3) is 0 Å². The number of benzene rings is 3. The molecule has 0 amide bonds. The predicted molar refractivity (Wildman–Crippen MR) is 131 cm³/mol. The van der Waals surface area contributed by atoms with Crippen LogP contribution in [-0.4, -0.2) is 29.9 Å². The Kier molecular flexibility index (Phi) is 5.86. The van der Waals surface area contributed by atoms with Crippen molar-refractivity contribution < 1.29 is 13.9 Å². The van der Waals surface area contributed by atoms with Crippen LogP contribution in [0.1, 0.15) is 16.7 Å². The minimum absolute atomic E-state index is 0.307. The second kappa shape index (κ2) is 9.11. The number of aliphatic imine (C=N–C) groups is 1. The first-order valence-electron chi connectivity index (χ1n) is 10.5. The summed E-state index contributed by atoms with van der Waals surface area (Å²) in [6.07, 6.45) is 1.73. The van der Waals surface area contributed by atoms with Crippen molar-refractivity contribution in [3.05, 3.63) is 94.4 Å². The van der Waals surface area contributed by atoms with Crippen molar-refractivity contribution in [3.8, 4) is 22.8 Å². The minimum Gasteiger partial charge on any atom is -0.493 e. The van der Waals surface area contributed by atoms with E-state index >= 15 is 0 Å². The first kappa shape index (κ1) is 21.9. The van der Waals surface area contributed by atoms with Gasteiger partial charge in [0.2, 0.25) is 5.95 Å². The Morgan fingerprint density at radius 3 is 2.53 bits per heavy atom. The number of aromatic nitrogens is 2. The Labute approximate surface area is 201 Å². The molecule has 0 unspecified atom stereocenters. The van der Waals surface area contributed by atoms with Gasteiger partial charge >= 0.3 is 0 Å². The standard InChI is InChI=1S/C26H20ClFN4O2/c1-33-22-10-8-17(12-23(22)34-2)31-26-30-14-15-13-29-25(19-5-3-4-6-21(19)28)20-11-16(27)7-9-18(20)24(15)32-26/h3-12,14H,13H2,1-2H3,(H,30,31,32). The average Bonchev–Trinajstić information content (AvgIpc) is 3.00. The molecule has 3 aromatic carbocycles. The van der Waals surface area contributed by atoms with Gasteiger partial charge in [-0.25, -0.2) is 14.4 Å². The molecule has 2 heterocycles. The molecule has 1 aliphatic heterocycles. The number of nitrogens with one attached hydrogen (secondary N) is 1. The van der Waals surface area contributed by atoms with Crippen molar-refractivity contribution in [3.63, 3.8) is 0 Å². The summed E-state index contributed by atoms with van der Waals surface area (Å²) in [6, 6.07) is 17.5. The van der Waals surface area contributed by atoms with Crippen molar-refractivity contribution in [1.29, 1.82) is 0 Å². The van der Waals surface area contributed by atoms with E-state index in [0.29, 0.717) is 51.5 Å². The van der Waals surface area contributed by atoms with Gasteiger partial charge in [0.05, 0.1) is 32.2 Å². The van der Waals surface area contributed by atoms with Gasteiger partial charge < -0.3 is 14.8 Å². The van der Waals surface area contributed by atoms with E-state index in [1.165, 1.54) is 6.07 Å². The summed E-state index contributed by atoms with van der Waals surface area (Å²) < 4.78 is 25.4. The molecule has 0 aliphatic carbocycles. The number of hydrogen-bond acceptors (Lipinski definition) is 6. The molecular formula is C26H20ClFN4O2. The molecule has 0 bridgehead atoms. The average molecular weight is 475 g/mol. The van der Waals surface area contributed by atoms with Gasteiger partial charge in [-0.05, 0) is 36.4 Å².